The van der Waals surface area contributed by atoms with Gasteiger partial charge in [-0.2, -0.15) is 0 Å². The van der Waals surface area contributed by atoms with Crippen LogP contribution in [0.3, 0.4) is 0 Å². The van der Waals surface area contributed by atoms with Gasteiger partial charge in [0.2, 0.25) is 0 Å². The molecule has 1 aliphatic heterocycles. The molecule has 0 bridgehead atoms. The molecule has 0 aromatic carbocycles. The Labute approximate surface area is 106 Å². The van der Waals surface area contributed by atoms with Gasteiger partial charge in [0.05, 0.1) is 13.2 Å². The Bertz CT molecular complexity index is 279. The minimum absolute atomic E-state index is 0.337. The Balaban J connectivity index is 2.21. The van der Waals surface area contributed by atoms with Crippen molar-refractivity contribution in [2.75, 3.05) is 13.2 Å². The van der Waals surface area contributed by atoms with Crippen LogP contribution >= 0.6 is 0 Å². The number of rotatable bonds is 6. The molecule has 1 saturated heterocycles. The molecule has 1 aliphatic rings. The van der Waals surface area contributed by atoms with Crippen molar-refractivity contribution in [1.29, 1.82) is 0 Å². The Morgan fingerprint density at radius 1 is 1.06 bits per heavy atom. The van der Waals surface area contributed by atoms with E-state index in [-0.39, 0.29) is 5.79 Å². The highest BCUT2D eigenvalue weighted by atomic mass is 16.7. The summed E-state index contributed by atoms with van der Waals surface area (Å²) in [5, 5.41) is 0. The van der Waals surface area contributed by atoms with E-state index in [1.807, 2.05) is 6.92 Å². The zero-order valence-electron chi connectivity index (χ0n) is 11.7. The minimum Gasteiger partial charge on any atom is -0.348 e. The average molecular weight is 238 g/mol. The summed E-state index contributed by atoms with van der Waals surface area (Å²) in [6.45, 7) is 10.0. The normalized spacial score (nSPS) is 19.4. The minimum atomic E-state index is -0.337. The second-order valence-corrected chi connectivity index (χ2v) is 5.24. The van der Waals surface area contributed by atoms with Gasteiger partial charge < -0.3 is 9.47 Å². The molecular weight excluding hydrogens is 212 g/mol. The van der Waals surface area contributed by atoms with Gasteiger partial charge >= 0.3 is 0 Å². The fourth-order valence-corrected chi connectivity index (χ4v) is 1.97. The lowest BCUT2D eigenvalue weighted by Gasteiger charge is -2.21. The predicted molar refractivity (Wildman–Crippen MR) is 72.0 cm³/mol. The van der Waals surface area contributed by atoms with Crippen LogP contribution in [0.15, 0.2) is 23.3 Å². The summed E-state index contributed by atoms with van der Waals surface area (Å²) >= 11 is 0. The SMILES string of the molecule is CC(C)=CCCC(C)=CCCC1(C)OCCO1. The van der Waals surface area contributed by atoms with E-state index in [1.165, 1.54) is 11.1 Å². The number of allylic oxidation sites excluding steroid dienone is 4. The van der Waals surface area contributed by atoms with Gasteiger partial charge in [0.1, 0.15) is 0 Å². The van der Waals surface area contributed by atoms with Crippen molar-refractivity contribution in [3.63, 3.8) is 0 Å². The first kappa shape index (κ1) is 14.5. The average Bonchev–Trinajstić information content (AvgIpc) is 2.65. The Morgan fingerprint density at radius 3 is 2.29 bits per heavy atom. The molecule has 98 valence electrons. The van der Waals surface area contributed by atoms with Gasteiger partial charge in [-0.25, -0.2) is 0 Å². The second kappa shape index (κ2) is 6.97. The van der Waals surface area contributed by atoms with E-state index < -0.39 is 0 Å². The highest BCUT2D eigenvalue weighted by Crippen LogP contribution is 2.24. The van der Waals surface area contributed by atoms with Crippen molar-refractivity contribution in [3.8, 4) is 0 Å². The van der Waals surface area contributed by atoms with Gasteiger partial charge in [-0.15, -0.1) is 0 Å². The topological polar surface area (TPSA) is 18.5 Å². The zero-order chi connectivity index (χ0) is 12.7. The van der Waals surface area contributed by atoms with Gasteiger partial charge in [-0.3, -0.25) is 0 Å². The highest BCUT2D eigenvalue weighted by molar-refractivity contribution is 5.02. The van der Waals surface area contributed by atoms with Crippen molar-refractivity contribution in [3.05, 3.63) is 23.3 Å². The van der Waals surface area contributed by atoms with Crippen LogP contribution in [0.25, 0.3) is 0 Å². The molecule has 0 radical (unpaired) electrons. The van der Waals surface area contributed by atoms with Gasteiger partial charge in [0, 0.05) is 6.42 Å². The van der Waals surface area contributed by atoms with E-state index in [9.17, 15) is 0 Å². The summed E-state index contributed by atoms with van der Waals surface area (Å²) in [6, 6.07) is 0. The van der Waals surface area contributed by atoms with Crippen LogP contribution in [0.2, 0.25) is 0 Å². The number of ether oxygens (including phenoxy) is 2. The molecule has 2 nitrogen and oxygen atoms in total. The summed E-state index contributed by atoms with van der Waals surface area (Å²) in [5.74, 6) is -0.337. The molecular formula is C15H26O2. The Hall–Kier alpha value is -0.600. The van der Waals surface area contributed by atoms with Gasteiger partial charge in [0.25, 0.3) is 0 Å². The molecule has 0 atom stereocenters. The molecule has 17 heavy (non-hydrogen) atoms. The first-order valence-corrected chi connectivity index (χ1v) is 6.59. The van der Waals surface area contributed by atoms with Crippen LogP contribution in [0.4, 0.5) is 0 Å². The van der Waals surface area contributed by atoms with Crippen LogP contribution in [-0.2, 0) is 9.47 Å². The van der Waals surface area contributed by atoms with E-state index in [0.717, 1.165) is 38.9 Å². The maximum Gasteiger partial charge on any atom is 0.166 e. The molecule has 1 fully saturated rings. The third kappa shape index (κ3) is 6.04. The molecule has 0 amide bonds. The van der Waals surface area contributed by atoms with E-state index in [2.05, 4.69) is 32.9 Å². The van der Waals surface area contributed by atoms with Gasteiger partial charge in [-0.1, -0.05) is 23.3 Å². The molecule has 0 spiro atoms. The first-order valence-electron chi connectivity index (χ1n) is 6.59. The van der Waals surface area contributed by atoms with Crippen LogP contribution in [-0.4, -0.2) is 19.0 Å². The lowest BCUT2D eigenvalue weighted by atomic mass is 10.1. The zero-order valence-corrected chi connectivity index (χ0v) is 11.7. The van der Waals surface area contributed by atoms with E-state index in [1.54, 1.807) is 0 Å². The monoisotopic (exact) mass is 238 g/mol. The van der Waals surface area contributed by atoms with Crippen molar-refractivity contribution < 1.29 is 9.47 Å². The Kier molecular flexibility index (Phi) is 5.93. The quantitative estimate of drug-likeness (QED) is 0.645. The lowest BCUT2D eigenvalue weighted by molar-refractivity contribution is -0.145. The standard InChI is InChI=1S/C15H26O2/c1-13(2)7-5-8-14(3)9-6-10-15(4)16-11-12-17-15/h7,9H,5-6,8,10-12H2,1-4H3. The third-order valence-corrected chi connectivity index (χ3v) is 3.08. The summed E-state index contributed by atoms with van der Waals surface area (Å²) in [6.07, 6.45) is 8.90. The van der Waals surface area contributed by atoms with Crippen molar-refractivity contribution in [2.24, 2.45) is 0 Å². The third-order valence-electron chi connectivity index (χ3n) is 3.08. The largest absolute Gasteiger partial charge is 0.348 e. The first-order chi connectivity index (χ1) is 8.02. The summed E-state index contributed by atoms with van der Waals surface area (Å²) in [4.78, 5) is 0. The van der Waals surface area contributed by atoms with Gasteiger partial charge in [0.15, 0.2) is 5.79 Å². The summed E-state index contributed by atoms with van der Waals surface area (Å²) < 4.78 is 11.1. The lowest BCUT2D eigenvalue weighted by Crippen LogP contribution is -2.24. The van der Waals surface area contributed by atoms with Crippen molar-refractivity contribution in [2.45, 2.75) is 59.2 Å². The fourth-order valence-electron chi connectivity index (χ4n) is 1.97. The second-order valence-electron chi connectivity index (χ2n) is 5.24. The smallest absolute Gasteiger partial charge is 0.166 e. The number of hydrogen-bond acceptors (Lipinski definition) is 2. The number of hydrogen-bond donors (Lipinski definition) is 0. The summed E-state index contributed by atoms with van der Waals surface area (Å²) in [5.41, 5.74) is 2.86. The molecule has 0 aliphatic carbocycles. The highest BCUT2D eigenvalue weighted by Gasteiger charge is 2.29. The van der Waals surface area contributed by atoms with E-state index in [4.69, 9.17) is 9.47 Å². The van der Waals surface area contributed by atoms with Crippen LogP contribution in [0, 0.1) is 0 Å². The molecule has 2 heteroatoms. The van der Waals surface area contributed by atoms with Crippen molar-refractivity contribution in [1.82, 2.24) is 0 Å². The summed E-state index contributed by atoms with van der Waals surface area (Å²) in [7, 11) is 0. The fraction of sp³-hybridized carbons (Fsp3) is 0.733. The van der Waals surface area contributed by atoms with E-state index in [0.29, 0.717) is 0 Å². The Morgan fingerprint density at radius 2 is 1.71 bits per heavy atom. The van der Waals surface area contributed by atoms with Crippen LogP contribution < -0.4 is 0 Å². The maximum atomic E-state index is 5.57. The van der Waals surface area contributed by atoms with Gasteiger partial charge in [-0.05, 0) is 47.0 Å². The molecule has 0 aromatic rings. The molecule has 0 aromatic heterocycles. The maximum absolute atomic E-state index is 5.57. The van der Waals surface area contributed by atoms with Crippen LogP contribution in [0.5, 0.6) is 0 Å². The van der Waals surface area contributed by atoms with E-state index >= 15 is 0 Å². The molecule has 1 heterocycles. The molecule has 0 saturated carbocycles. The molecule has 0 unspecified atom stereocenters. The molecule has 1 rings (SSSR count). The van der Waals surface area contributed by atoms with Crippen molar-refractivity contribution >= 4 is 0 Å². The predicted octanol–water partition coefficient (Wildman–Crippen LogP) is 4.22. The van der Waals surface area contributed by atoms with Crippen LogP contribution in [0.1, 0.15) is 53.4 Å². The molecule has 0 N–H and O–H groups in total.